The van der Waals surface area contributed by atoms with E-state index >= 15 is 0 Å². The van der Waals surface area contributed by atoms with Crippen LogP contribution in [0, 0.1) is 0 Å². The highest BCUT2D eigenvalue weighted by molar-refractivity contribution is 7.09. The van der Waals surface area contributed by atoms with Gasteiger partial charge in [0.15, 0.2) is 0 Å². The van der Waals surface area contributed by atoms with Crippen molar-refractivity contribution >= 4 is 23.3 Å². The number of likely N-dealkylation sites (tertiary alicyclic amines) is 1. The molecule has 25 heavy (non-hydrogen) atoms. The molecule has 3 rings (SSSR count). The number of rotatable bonds is 6. The van der Waals surface area contributed by atoms with Gasteiger partial charge in [0.2, 0.25) is 0 Å². The molecule has 0 unspecified atom stereocenters. The van der Waals surface area contributed by atoms with Gasteiger partial charge in [-0.25, -0.2) is 9.78 Å². The first-order valence-corrected chi connectivity index (χ1v) is 9.85. The van der Waals surface area contributed by atoms with Crippen molar-refractivity contribution in [2.24, 2.45) is 0 Å². The highest BCUT2D eigenvalue weighted by Crippen LogP contribution is 2.30. The van der Waals surface area contributed by atoms with Gasteiger partial charge in [-0.3, -0.25) is 9.69 Å². The van der Waals surface area contributed by atoms with Crippen LogP contribution in [0.1, 0.15) is 43.5 Å². The molecule has 1 aromatic heterocycles. The van der Waals surface area contributed by atoms with Crippen LogP contribution in [0.15, 0.2) is 11.6 Å². The third-order valence-corrected chi connectivity index (χ3v) is 6.22. The molecule has 8 heteroatoms. The van der Waals surface area contributed by atoms with Crippen LogP contribution in [0.5, 0.6) is 0 Å². The number of hydrogen-bond donors (Lipinski definition) is 2. The molecule has 1 saturated heterocycles. The van der Waals surface area contributed by atoms with Gasteiger partial charge in [0.05, 0.1) is 11.6 Å². The Morgan fingerprint density at radius 2 is 2.12 bits per heavy atom. The van der Waals surface area contributed by atoms with Crippen molar-refractivity contribution in [2.75, 3.05) is 26.2 Å². The van der Waals surface area contributed by atoms with E-state index in [1.54, 1.807) is 11.3 Å². The van der Waals surface area contributed by atoms with E-state index in [0.29, 0.717) is 5.92 Å². The number of aliphatic carboxylic acids is 1. The zero-order valence-corrected chi connectivity index (χ0v) is 15.4. The van der Waals surface area contributed by atoms with Crippen LogP contribution >= 0.6 is 11.3 Å². The van der Waals surface area contributed by atoms with E-state index in [9.17, 15) is 9.59 Å². The molecule has 2 N–H and O–H groups in total. The fourth-order valence-electron chi connectivity index (χ4n) is 3.71. The van der Waals surface area contributed by atoms with Gasteiger partial charge in [-0.15, -0.1) is 11.3 Å². The van der Waals surface area contributed by atoms with Gasteiger partial charge in [-0.05, 0) is 32.2 Å². The lowest BCUT2D eigenvalue weighted by Crippen LogP contribution is -2.57. The number of piperidine rings is 1. The summed E-state index contributed by atoms with van der Waals surface area (Å²) in [7, 11) is 0. The second-order valence-corrected chi connectivity index (χ2v) is 7.79. The predicted octanol–water partition coefficient (Wildman–Crippen LogP) is 1.97. The van der Waals surface area contributed by atoms with E-state index in [1.807, 2.05) is 28.3 Å². The summed E-state index contributed by atoms with van der Waals surface area (Å²) in [6.07, 6.45) is 5.45. The lowest BCUT2D eigenvalue weighted by atomic mass is 9.85. The molecular formula is C17H26N4O3S. The van der Waals surface area contributed by atoms with Crippen molar-refractivity contribution in [3.05, 3.63) is 16.6 Å². The molecule has 0 aromatic carbocycles. The van der Waals surface area contributed by atoms with E-state index in [1.165, 1.54) is 5.01 Å². The van der Waals surface area contributed by atoms with E-state index in [4.69, 9.17) is 5.11 Å². The normalized spacial score (nSPS) is 24.2. The van der Waals surface area contributed by atoms with Crippen LogP contribution in [-0.4, -0.2) is 70.2 Å². The minimum absolute atomic E-state index is 0.0160. The Kier molecular flexibility index (Phi) is 5.90. The quantitative estimate of drug-likeness (QED) is 0.804. The highest BCUT2D eigenvalue weighted by atomic mass is 32.1. The van der Waals surface area contributed by atoms with Gasteiger partial charge >= 0.3 is 12.0 Å². The zero-order valence-electron chi connectivity index (χ0n) is 14.6. The van der Waals surface area contributed by atoms with Crippen molar-refractivity contribution in [1.82, 2.24) is 20.1 Å². The van der Waals surface area contributed by atoms with E-state index in [-0.39, 0.29) is 24.7 Å². The predicted molar refractivity (Wildman–Crippen MR) is 95.9 cm³/mol. The summed E-state index contributed by atoms with van der Waals surface area (Å²) in [5.74, 6) is -0.316. The molecule has 1 aliphatic heterocycles. The summed E-state index contributed by atoms with van der Waals surface area (Å²) in [6.45, 7) is 4.31. The molecule has 0 spiro atoms. The number of thiazole rings is 1. The molecule has 2 aliphatic rings. The number of carboxylic acid groups (broad SMARTS) is 1. The zero-order chi connectivity index (χ0) is 17.8. The molecule has 2 amide bonds. The van der Waals surface area contributed by atoms with Crippen LogP contribution in [0.4, 0.5) is 4.79 Å². The number of carbonyl (C=O) groups excluding carboxylic acids is 1. The summed E-state index contributed by atoms with van der Waals surface area (Å²) in [4.78, 5) is 31.5. The Morgan fingerprint density at radius 1 is 1.40 bits per heavy atom. The third-order valence-electron chi connectivity index (χ3n) is 5.28. The number of nitrogens with one attached hydrogen (secondary N) is 1. The molecule has 0 bridgehead atoms. The van der Waals surface area contributed by atoms with Gasteiger partial charge < -0.3 is 15.3 Å². The number of urea groups is 1. The number of hydrogen-bond acceptors (Lipinski definition) is 5. The van der Waals surface area contributed by atoms with Gasteiger partial charge in [-0.1, -0.05) is 6.92 Å². The van der Waals surface area contributed by atoms with Gasteiger partial charge in [0.25, 0.3) is 0 Å². The van der Waals surface area contributed by atoms with Crippen molar-refractivity contribution < 1.29 is 14.7 Å². The van der Waals surface area contributed by atoms with Crippen molar-refractivity contribution in [1.29, 1.82) is 0 Å². The summed E-state index contributed by atoms with van der Waals surface area (Å²) < 4.78 is 0. The van der Waals surface area contributed by atoms with Crippen molar-refractivity contribution in [3.8, 4) is 0 Å². The average Bonchev–Trinajstić information content (AvgIpc) is 3.10. The first-order chi connectivity index (χ1) is 12.1. The molecule has 7 nitrogen and oxygen atoms in total. The Bertz CT molecular complexity index is 581. The van der Waals surface area contributed by atoms with Crippen LogP contribution in [-0.2, 0) is 4.79 Å². The third kappa shape index (κ3) is 4.49. The van der Waals surface area contributed by atoms with E-state index in [2.05, 4.69) is 10.3 Å². The van der Waals surface area contributed by atoms with Crippen LogP contribution in [0.2, 0.25) is 0 Å². The number of amides is 2. The second-order valence-electron chi connectivity index (χ2n) is 6.86. The molecule has 1 saturated carbocycles. The summed E-state index contributed by atoms with van der Waals surface area (Å²) in [6, 6.07) is 0.446. The number of carbonyl (C=O) groups is 2. The molecule has 1 aromatic rings. The molecule has 2 heterocycles. The highest BCUT2D eigenvalue weighted by Gasteiger charge is 2.36. The monoisotopic (exact) mass is 366 g/mol. The Morgan fingerprint density at radius 3 is 2.68 bits per heavy atom. The summed E-state index contributed by atoms with van der Waals surface area (Å²) in [5.41, 5.74) is 0. The Labute approximate surface area is 152 Å². The number of likely N-dealkylation sites (N-methyl/N-ethyl adjacent to an activating group) is 1. The maximum Gasteiger partial charge on any atom is 0.317 e. The molecular weight excluding hydrogens is 340 g/mol. The van der Waals surface area contributed by atoms with E-state index in [0.717, 1.165) is 45.3 Å². The molecule has 0 atom stereocenters. The molecule has 0 radical (unpaired) electrons. The fourth-order valence-corrected chi connectivity index (χ4v) is 4.52. The van der Waals surface area contributed by atoms with Crippen LogP contribution in [0.25, 0.3) is 0 Å². The first kappa shape index (κ1) is 18.1. The average molecular weight is 366 g/mol. The SMILES string of the molecule is CCN(CC(=O)O)C1CC(NC(=O)N2CCC(c3nccs3)CC2)C1. The maximum atomic E-state index is 12.4. The van der Waals surface area contributed by atoms with Gasteiger partial charge in [-0.2, -0.15) is 0 Å². The Balaban J connectivity index is 1.39. The molecule has 138 valence electrons. The maximum absolute atomic E-state index is 12.4. The van der Waals surface area contributed by atoms with Crippen molar-refractivity contribution in [2.45, 2.75) is 50.6 Å². The largest absolute Gasteiger partial charge is 0.480 e. The first-order valence-electron chi connectivity index (χ1n) is 8.97. The number of carboxylic acids is 1. The minimum Gasteiger partial charge on any atom is -0.480 e. The standard InChI is InChI=1S/C17H26N4O3S/c1-2-20(11-15(22)23)14-9-13(10-14)19-17(24)21-6-3-12(4-7-21)16-18-5-8-25-16/h5,8,12-14H,2-4,6-7,9-11H2,1H3,(H,19,24)(H,22,23). The van der Waals surface area contributed by atoms with Crippen LogP contribution in [0.3, 0.4) is 0 Å². The van der Waals surface area contributed by atoms with Gasteiger partial charge in [0.1, 0.15) is 0 Å². The number of nitrogens with zero attached hydrogens (tertiary/aromatic N) is 3. The second kappa shape index (κ2) is 8.14. The fraction of sp³-hybridized carbons (Fsp3) is 0.706. The van der Waals surface area contributed by atoms with Crippen LogP contribution < -0.4 is 5.32 Å². The van der Waals surface area contributed by atoms with Gasteiger partial charge in [0, 0.05) is 42.7 Å². The lowest BCUT2D eigenvalue weighted by Gasteiger charge is -2.43. The Hall–Kier alpha value is -1.67. The molecule has 1 aliphatic carbocycles. The lowest BCUT2D eigenvalue weighted by molar-refractivity contribution is -0.139. The summed E-state index contributed by atoms with van der Waals surface area (Å²) in [5, 5.41) is 15.2. The number of aromatic nitrogens is 1. The minimum atomic E-state index is -0.794. The van der Waals surface area contributed by atoms with E-state index < -0.39 is 5.97 Å². The van der Waals surface area contributed by atoms with Crippen molar-refractivity contribution in [3.63, 3.8) is 0 Å². The topological polar surface area (TPSA) is 85.8 Å². The molecule has 2 fully saturated rings. The summed E-state index contributed by atoms with van der Waals surface area (Å²) >= 11 is 1.69. The smallest absolute Gasteiger partial charge is 0.317 e.